The molecule has 0 aliphatic heterocycles. The lowest BCUT2D eigenvalue weighted by Crippen LogP contribution is -1.99. The average Bonchev–Trinajstić information content (AvgIpc) is 2.32. The number of aromatic nitrogens is 1. The second kappa shape index (κ2) is 5.88. The lowest BCUT2D eigenvalue weighted by molar-refractivity contribution is 0.422. The molecule has 2 nitrogen and oxygen atoms in total. The summed E-state index contributed by atoms with van der Waals surface area (Å²) in [6.45, 7) is 3.78. The largest absolute Gasteiger partial charge is 0.436 e. The molecule has 0 N–H and O–H groups in total. The number of rotatable bonds is 3. The van der Waals surface area contributed by atoms with Crippen LogP contribution in [0.25, 0.3) is 0 Å². The van der Waals surface area contributed by atoms with Crippen molar-refractivity contribution in [2.24, 2.45) is 0 Å². The fraction of sp³-hybridized carbons (Fsp3) is 0.214. The topological polar surface area (TPSA) is 22.1 Å². The van der Waals surface area contributed by atoms with Crippen molar-refractivity contribution in [3.05, 3.63) is 51.4 Å². The van der Waals surface area contributed by atoms with Gasteiger partial charge in [0.15, 0.2) is 11.6 Å². The molecular formula is C14H12BrClFNO. The molecule has 2 rings (SSSR count). The molecule has 2 aromatic rings. The molecule has 0 saturated carbocycles. The van der Waals surface area contributed by atoms with Crippen molar-refractivity contribution < 1.29 is 9.13 Å². The van der Waals surface area contributed by atoms with Crippen molar-refractivity contribution >= 4 is 27.5 Å². The molecule has 0 radical (unpaired) electrons. The molecule has 0 amide bonds. The smallest absolute Gasteiger partial charge is 0.224 e. The van der Waals surface area contributed by atoms with Crippen LogP contribution < -0.4 is 4.74 Å². The van der Waals surface area contributed by atoms with E-state index in [0.717, 1.165) is 16.8 Å². The van der Waals surface area contributed by atoms with E-state index in [1.165, 1.54) is 6.07 Å². The first kappa shape index (κ1) is 14.3. The van der Waals surface area contributed by atoms with Crippen molar-refractivity contribution in [2.75, 3.05) is 0 Å². The molecular weight excluding hydrogens is 333 g/mol. The quantitative estimate of drug-likeness (QED) is 0.720. The molecule has 1 aromatic heterocycles. The normalized spacial score (nSPS) is 10.6. The summed E-state index contributed by atoms with van der Waals surface area (Å²) in [7, 11) is 0. The number of nitrogens with zero attached hydrogens (tertiary/aromatic N) is 1. The molecule has 5 heteroatoms. The Kier molecular flexibility index (Phi) is 4.42. The van der Waals surface area contributed by atoms with Crippen LogP contribution in [-0.2, 0) is 5.88 Å². The van der Waals surface area contributed by atoms with E-state index >= 15 is 0 Å². The standard InChI is InChI=1S/C14H12BrClFNO/c1-8-5-9(2)18-14(11(8)7-16)19-13-4-3-10(15)6-12(13)17/h3-6H,7H2,1-2H3. The van der Waals surface area contributed by atoms with Crippen molar-refractivity contribution in [2.45, 2.75) is 19.7 Å². The molecule has 0 unspecified atom stereocenters. The van der Waals surface area contributed by atoms with Gasteiger partial charge in [-0.25, -0.2) is 9.37 Å². The molecule has 0 saturated heterocycles. The SMILES string of the molecule is Cc1cc(C)c(CCl)c(Oc2ccc(Br)cc2F)n1. The maximum Gasteiger partial charge on any atom is 0.224 e. The lowest BCUT2D eigenvalue weighted by atomic mass is 10.1. The molecule has 0 atom stereocenters. The van der Waals surface area contributed by atoms with E-state index in [2.05, 4.69) is 20.9 Å². The van der Waals surface area contributed by atoms with Gasteiger partial charge < -0.3 is 4.74 Å². The third-order valence-electron chi connectivity index (χ3n) is 2.67. The molecule has 100 valence electrons. The van der Waals surface area contributed by atoms with E-state index in [9.17, 15) is 4.39 Å². The van der Waals surface area contributed by atoms with Gasteiger partial charge in [-0.2, -0.15) is 0 Å². The summed E-state index contributed by atoms with van der Waals surface area (Å²) in [5.74, 6) is 0.309. The van der Waals surface area contributed by atoms with Crippen LogP contribution in [0.5, 0.6) is 11.6 Å². The number of aryl methyl sites for hydroxylation is 2. The first-order valence-electron chi connectivity index (χ1n) is 5.67. The Labute approximate surface area is 124 Å². The fourth-order valence-electron chi connectivity index (χ4n) is 1.74. The molecule has 0 fully saturated rings. The zero-order valence-electron chi connectivity index (χ0n) is 10.5. The predicted molar refractivity (Wildman–Crippen MR) is 77.4 cm³/mol. The monoisotopic (exact) mass is 343 g/mol. The highest BCUT2D eigenvalue weighted by Gasteiger charge is 2.12. The molecule has 0 spiro atoms. The Balaban J connectivity index is 2.42. The van der Waals surface area contributed by atoms with Crippen LogP contribution >= 0.6 is 27.5 Å². The predicted octanol–water partition coefficient (Wildman–Crippen LogP) is 5.13. The first-order chi connectivity index (χ1) is 9.01. The van der Waals surface area contributed by atoms with Gasteiger partial charge in [0.2, 0.25) is 5.88 Å². The molecule has 19 heavy (non-hydrogen) atoms. The summed E-state index contributed by atoms with van der Waals surface area (Å²) >= 11 is 9.10. The highest BCUT2D eigenvalue weighted by Crippen LogP contribution is 2.30. The van der Waals surface area contributed by atoms with E-state index in [4.69, 9.17) is 16.3 Å². The van der Waals surface area contributed by atoms with Crippen LogP contribution in [0.4, 0.5) is 4.39 Å². The first-order valence-corrected chi connectivity index (χ1v) is 7.00. The van der Waals surface area contributed by atoms with Gasteiger partial charge >= 0.3 is 0 Å². The number of pyridine rings is 1. The lowest BCUT2D eigenvalue weighted by Gasteiger charge is -2.12. The maximum atomic E-state index is 13.8. The van der Waals surface area contributed by atoms with Crippen LogP contribution in [0.1, 0.15) is 16.8 Å². The number of benzene rings is 1. The van der Waals surface area contributed by atoms with Crippen molar-refractivity contribution in [1.29, 1.82) is 0 Å². The van der Waals surface area contributed by atoms with Gasteiger partial charge in [0, 0.05) is 15.7 Å². The number of halogens is 3. The Morgan fingerprint density at radius 2 is 2.05 bits per heavy atom. The number of ether oxygens (including phenoxy) is 1. The van der Waals surface area contributed by atoms with E-state index in [-0.39, 0.29) is 11.6 Å². The molecule has 0 aliphatic rings. The number of hydrogen-bond acceptors (Lipinski definition) is 2. The van der Waals surface area contributed by atoms with Crippen molar-refractivity contribution in [1.82, 2.24) is 4.98 Å². The Morgan fingerprint density at radius 1 is 1.32 bits per heavy atom. The summed E-state index contributed by atoms with van der Waals surface area (Å²) in [6, 6.07) is 6.53. The van der Waals surface area contributed by atoms with Crippen molar-refractivity contribution in [3.8, 4) is 11.6 Å². The van der Waals surface area contributed by atoms with E-state index in [1.807, 2.05) is 19.9 Å². The molecule has 0 aliphatic carbocycles. The van der Waals surface area contributed by atoms with E-state index < -0.39 is 5.82 Å². The van der Waals surface area contributed by atoms with Gasteiger partial charge in [0.25, 0.3) is 0 Å². The second-order valence-electron chi connectivity index (χ2n) is 4.17. The third-order valence-corrected chi connectivity index (χ3v) is 3.43. The summed E-state index contributed by atoms with van der Waals surface area (Å²) in [4.78, 5) is 4.28. The zero-order chi connectivity index (χ0) is 14.0. The third kappa shape index (κ3) is 3.25. The van der Waals surface area contributed by atoms with E-state index in [1.54, 1.807) is 12.1 Å². The van der Waals surface area contributed by atoms with Gasteiger partial charge in [-0.3, -0.25) is 0 Å². The molecule has 1 heterocycles. The van der Waals surface area contributed by atoms with Gasteiger partial charge in [-0.1, -0.05) is 15.9 Å². The second-order valence-corrected chi connectivity index (χ2v) is 5.36. The van der Waals surface area contributed by atoms with Crippen LogP contribution in [-0.4, -0.2) is 4.98 Å². The summed E-state index contributed by atoms with van der Waals surface area (Å²) in [5, 5.41) is 0. The average molecular weight is 345 g/mol. The summed E-state index contributed by atoms with van der Waals surface area (Å²) < 4.78 is 20.0. The minimum absolute atomic E-state index is 0.132. The van der Waals surface area contributed by atoms with Crippen LogP contribution in [0.3, 0.4) is 0 Å². The molecule has 0 bridgehead atoms. The van der Waals surface area contributed by atoms with Gasteiger partial charge in [-0.05, 0) is 43.7 Å². The van der Waals surface area contributed by atoms with Crippen molar-refractivity contribution in [3.63, 3.8) is 0 Å². The minimum atomic E-state index is -0.448. The Morgan fingerprint density at radius 3 is 2.68 bits per heavy atom. The zero-order valence-corrected chi connectivity index (χ0v) is 12.8. The van der Waals surface area contributed by atoms with Gasteiger partial charge in [-0.15, -0.1) is 11.6 Å². The highest BCUT2D eigenvalue weighted by atomic mass is 79.9. The summed E-state index contributed by atoms with van der Waals surface area (Å²) in [6.07, 6.45) is 0. The Hall–Kier alpha value is -1.13. The van der Waals surface area contributed by atoms with Crippen LogP contribution in [0.15, 0.2) is 28.7 Å². The Bertz CT molecular complexity index is 619. The van der Waals surface area contributed by atoms with E-state index in [0.29, 0.717) is 10.4 Å². The minimum Gasteiger partial charge on any atom is -0.436 e. The van der Waals surface area contributed by atoms with Crippen LogP contribution in [0.2, 0.25) is 0 Å². The maximum absolute atomic E-state index is 13.8. The highest BCUT2D eigenvalue weighted by molar-refractivity contribution is 9.10. The summed E-state index contributed by atoms with van der Waals surface area (Å²) in [5.41, 5.74) is 2.56. The van der Waals surface area contributed by atoms with Gasteiger partial charge in [0.1, 0.15) is 0 Å². The van der Waals surface area contributed by atoms with Crippen LogP contribution in [0, 0.1) is 19.7 Å². The number of alkyl halides is 1. The molecule has 1 aromatic carbocycles. The van der Waals surface area contributed by atoms with Gasteiger partial charge in [0.05, 0.1) is 5.88 Å². The fourth-order valence-corrected chi connectivity index (χ4v) is 2.40. The number of hydrogen-bond donors (Lipinski definition) is 0.